The zero-order valence-electron chi connectivity index (χ0n) is 12.2. The largest absolute Gasteiger partial charge is 0.494 e. The quantitative estimate of drug-likeness (QED) is 0.696. The Bertz CT molecular complexity index is 775. The molecule has 1 atom stereocenters. The highest BCUT2D eigenvalue weighted by atomic mass is 35.5. The lowest BCUT2D eigenvalue weighted by Gasteiger charge is -2.10. The van der Waals surface area contributed by atoms with Crippen LogP contribution in [0.4, 0.5) is 0 Å². The highest BCUT2D eigenvalue weighted by Gasteiger charge is 2.18. The lowest BCUT2D eigenvalue weighted by Crippen LogP contribution is -2.09. The van der Waals surface area contributed by atoms with Crippen LogP contribution >= 0.6 is 11.6 Å². The van der Waals surface area contributed by atoms with Crippen LogP contribution in [0.1, 0.15) is 23.8 Å². The molecule has 0 radical (unpaired) electrons. The number of benzene rings is 1. The van der Waals surface area contributed by atoms with Crippen molar-refractivity contribution in [3.63, 3.8) is 0 Å². The third-order valence-corrected chi connectivity index (χ3v) is 3.78. The lowest BCUT2D eigenvalue weighted by molar-refractivity contribution is 0.419. The topological polar surface area (TPSA) is 44.9 Å². The number of halogens is 1. The van der Waals surface area contributed by atoms with Gasteiger partial charge < -0.3 is 9.30 Å². The van der Waals surface area contributed by atoms with Crippen molar-refractivity contribution in [1.82, 2.24) is 19.3 Å². The summed E-state index contributed by atoms with van der Waals surface area (Å²) in [7, 11) is 3.58. The third kappa shape index (κ3) is 2.38. The number of rotatable bonds is 4. The summed E-state index contributed by atoms with van der Waals surface area (Å²) < 4.78 is 9.37. The molecule has 0 amide bonds. The summed E-state index contributed by atoms with van der Waals surface area (Å²) in [5.41, 5.74) is 2.94. The molecule has 0 spiro atoms. The van der Waals surface area contributed by atoms with E-state index in [4.69, 9.17) is 16.3 Å². The Balaban J connectivity index is 2.19. The molecule has 0 fully saturated rings. The van der Waals surface area contributed by atoms with Gasteiger partial charge in [0.15, 0.2) is 0 Å². The Kier molecular flexibility index (Phi) is 3.59. The molecule has 5 nitrogen and oxygen atoms in total. The predicted molar refractivity (Wildman–Crippen MR) is 82.9 cm³/mol. The average Bonchev–Trinajstić information content (AvgIpc) is 3.04. The van der Waals surface area contributed by atoms with E-state index in [2.05, 4.69) is 14.6 Å². The van der Waals surface area contributed by atoms with Gasteiger partial charge in [0.25, 0.3) is 0 Å². The maximum Gasteiger partial charge on any atom is 0.146 e. The molecule has 0 saturated carbocycles. The molecule has 1 unspecified atom stereocenters. The summed E-state index contributed by atoms with van der Waals surface area (Å²) >= 11 is 6.31. The van der Waals surface area contributed by atoms with Gasteiger partial charge in [-0.05, 0) is 25.1 Å². The first kappa shape index (κ1) is 13.9. The summed E-state index contributed by atoms with van der Waals surface area (Å²) in [4.78, 5) is 4.67. The second-order valence-corrected chi connectivity index (χ2v) is 5.60. The monoisotopic (exact) mass is 304 g/mol. The van der Waals surface area contributed by atoms with E-state index in [1.807, 2.05) is 42.9 Å². The molecule has 2 aromatic heterocycles. The number of imidazole rings is 1. The highest BCUT2D eigenvalue weighted by Crippen LogP contribution is 2.30. The number of para-hydroxylation sites is 1. The van der Waals surface area contributed by atoms with E-state index in [0.29, 0.717) is 6.54 Å². The fraction of sp³-hybridized carbons (Fsp3) is 0.333. The molecular formula is C15H17ClN4O. The predicted octanol–water partition coefficient (Wildman–Crippen LogP) is 3.13. The molecule has 0 bridgehead atoms. The second-order valence-electron chi connectivity index (χ2n) is 4.95. The Labute approximate surface area is 128 Å². The number of ether oxygens (including phenoxy) is 1. The van der Waals surface area contributed by atoms with Crippen molar-refractivity contribution in [2.24, 2.45) is 7.05 Å². The Morgan fingerprint density at radius 1 is 1.33 bits per heavy atom. The fourth-order valence-corrected chi connectivity index (χ4v) is 2.66. The van der Waals surface area contributed by atoms with E-state index in [0.717, 1.165) is 28.3 Å². The highest BCUT2D eigenvalue weighted by molar-refractivity contribution is 6.20. The number of aryl methyl sites for hydroxylation is 1. The number of methoxy groups -OCH3 is 1. The second kappa shape index (κ2) is 5.41. The van der Waals surface area contributed by atoms with Gasteiger partial charge in [0.05, 0.1) is 30.2 Å². The molecule has 0 N–H and O–H groups in total. The molecule has 2 heterocycles. The van der Waals surface area contributed by atoms with Crippen LogP contribution in [0.2, 0.25) is 0 Å². The van der Waals surface area contributed by atoms with Gasteiger partial charge in [-0.15, -0.1) is 11.6 Å². The SMILES string of the molecule is COc1cccc2c1nc(C(C)Cl)n2Cc1ccnn1C. The molecule has 21 heavy (non-hydrogen) atoms. The van der Waals surface area contributed by atoms with Crippen LogP contribution in [0.25, 0.3) is 11.0 Å². The van der Waals surface area contributed by atoms with Crippen LogP contribution in [0.5, 0.6) is 5.75 Å². The molecule has 110 valence electrons. The number of nitrogens with zero attached hydrogens (tertiary/aromatic N) is 4. The lowest BCUT2D eigenvalue weighted by atomic mass is 10.3. The van der Waals surface area contributed by atoms with Gasteiger partial charge in [0.2, 0.25) is 0 Å². The Morgan fingerprint density at radius 2 is 2.14 bits per heavy atom. The minimum Gasteiger partial charge on any atom is -0.494 e. The third-order valence-electron chi connectivity index (χ3n) is 3.59. The summed E-state index contributed by atoms with van der Waals surface area (Å²) in [6.45, 7) is 2.60. The fourth-order valence-electron chi connectivity index (χ4n) is 2.49. The summed E-state index contributed by atoms with van der Waals surface area (Å²) in [6.07, 6.45) is 1.79. The van der Waals surface area contributed by atoms with E-state index in [1.54, 1.807) is 13.3 Å². The van der Waals surface area contributed by atoms with Crippen LogP contribution in [-0.4, -0.2) is 26.4 Å². The number of aromatic nitrogens is 4. The zero-order valence-corrected chi connectivity index (χ0v) is 13.0. The van der Waals surface area contributed by atoms with E-state index < -0.39 is 0 Å². The molecule has 0 aliphatic rings. The molecule has 3 aromatic rings. The van der Waals surface area contributed by atoms with Crippen LogP contribution in [0.3, 0.4) is 0 Å². The maximum absolute atomic E-state index is 6.31. The van der Waals surface area contributed by atoms with E-state index in [-0.39, 0.29) is 5.38 Å². The Morgan fingerprint density at radius 3 is 2.76 bits per heavy atom. The van der Waals surface area contributed by atoms with Crippen molar-refractivity contribution in [3.05, 3.63) is 42.0 Å². The molecule has 6 heteroatoms. The number of fused-ring (bicyclic) bond motifs is 1. The standard InChI is InChI=1S/C15H17ClN4O/c1-10(16)15-18-14-12(5-4-6-13(14)21-3)20(15)9-11-7-8-17-19(11)2/h4-8,10H,9H2,1-3H3. The van der Waals surface area contributed by atoms with Gasteiger partial charge in [-0.3, -0.25) is 4.68 Å². The molecule has 0 aliphatic heterocycles. The van der Waals surface area contributed by atoms with Crippen molar-refractivity contribution in [1.29, 1.82) is 0 Å². The first-order valence-electron chi connectivity index (χ1n) is 6.76. The molecule has 1 aromatic carbocycles. The van der Waals surface area contributed by atoms with Crippen LogP contribution in [-0.2, 0) is 13.6 Å². The van der Waals surface area contributed by atoms with Crippen molar-refractivity contribution in [3.8, 4) is 5.75 Å². The number of hydrogen-bond donors (Lipinski definition) is 0. The molecule has 0 saturated heterocycles. The molecular weight excluding hydrogens is 288 g/mol. The average molecular weight is 305 g/mol. The first-order chi connectivity index (χ1) is 10.1. The Hall–Kier alpha value is -2.01. The van der Waals surface area contributed by atoms with E-state index >= 15 is 0 Å². The van der Waals surface area contributed by atoms with E-state index in [9.17, 15) is 0 Å². The molecule has 3 rings (SSSR count). The number of alkyl halides is 1. The smallest absolute Gasteiger partial charge is 0.146 e. The van der Waals surface area contributed by atoms with Crippen molar-refractivity contribution >= 4 is 22.6 Å². The van der Waals surface area contributed by atoms with Gasteiger partial charge in [0.1, 0.15) is 17.1 Å². The minimum atomic E-state index is -0.185. The molecule has 0 aliphatic carbocycles. The zero-order chi connectivity index (χ0) is 15.0. The normalized spacial score (nSPS) is 12.8. The van der Waals surface area contributed by atoms with Gasteiger partial charge >= 0.3 is 0 Å². The van der Waals surface area contributed by atoms with Crippen molar-refractivity contribution in [2.75, 3.05) is 7.11 Å². The van der Waals surface area contributed by atoms with Crippen LogP contribution in [0.15, 0.2) is 30.5 Å². The summed E-state index contributed by atoms with van der Waals surface area (Å²) in [6, 6.07) is 7.90. The van der Waals surface area contributed by atoms with E-state index in [1.165, 1.54) is 0 Å². The maximum atomic E-state index is 6.31. The summed E-state index contributed by atoms with van der Waals surface area (Å²) in [5, 5.41) is 4.03. The van der Waals surface area contributed by atoms with Gasteiger partial charge in [0, 0.05) is 13.2 Å². The number of hydrogen-bond acceptors (Lipinski definition) is 3. The van der Waals surface area contributed by atoms with Crippen molar-refractivity contribution < 1.29 is 4.74 Å². The van der Waals surface area contributed by atoms with Crippen LogP contribution in [0, 0.1) is 0 Å². The van der Waals surface area contributed by atoms with Gasteiger partial charge in [-0.25, -0.2) is 4.98 Å². The van der Waals surface area contributed by atoms with Gasteiger partial charge in [-0.1, -0.05) is 6.07 Å². The van der Waals surface area contributed by atoms with Crippen molar-refractivity contribution in [2.45, 2.75) is 18.8 Å². The van der Waals surface area contributed by atoms with Crippen LogP contribution < -0.4 is 4.74 Å². The summed E-state index contributed by atoms with van der Waals surface area (Å²) in [5.74, 6) is 1.59. The first-order valence-corrected chi connectivity index (χ1v) is 7.19. The van der Waals surface area contributed by atoms with Gasteiger partial charge in [-0.2, -0.15) is 5.10 Å². The minimum absolute atomic E-state index is 0.185.